The highest BCUT2D eigenvalue weighted by Crippen LogP contribution is 2.32. The Bertz CT molecular complexity index is 726. The molecule has 0 bridgehead atoms. The molecule has 3 heterocycles. The third-order valence-corrected chi connectivity index (χ3v) is 5.33. The van der Waals surface area contributed by atoms with Crippen LogP contribution in [0.15, 0.2) is 0 Å². The highest BCUT2D eigenvalue weighted by atomic mass is 32.1. The molecular formula is C16H21N3O2S. The number of carbonyl (C=O) groups is 1. The zero-order valence-electron chi connectivity index (χ0n) is 13.5. The van der Waals surface area contributed by atoms with Crippen LogP contribution in [0.4, 0.5) is 0 Å². The second kappa shape index (κ2) is 5.93. The van der Waals surface area contributed by atoms with Crippen LogP contribution in [0.3, 0.4) is 0 Å². The molecular weight excluding hydrogens is 298 g/mol. The van der Waals surface area contributed by atoms with Crippen LogP contribution in [0.25, 0.3) is 10.2 Å². The summed E-state index contributed by atoms with van der Waals surface area (Å²) in [6.45, 7) is 9.93. The number of hydrogen-bond donors (Lipinski definition) is 0. The summed E-state index contributed by atoms with van der Waals surface area (Å²) in [6, 6.07) is 0.115. The van der Waals surface area contributed by atoms with Gasteiger partial charge in [0.05, 0.1) is 24.1 Å². The molecule has 0 aromatic carbocycles. The van der Waals surface area contributed by atoms with Crippen LogP contribution in [0, 0.1) is 13.8 Å². The van der Waals surface area contributed by atoms with Crippen molar-refractivity contribution >= 4 is 27.5 Å². The van der Waals surface area contributed by atoms with Crippen molar-refractivity contribution in [3.05, 3.63) is 22.0 Å². The van der Waals surface area contributed by atoms with Gasteiger partial charge in [-0.1, -0.05) is 6.92 Å². The van der Waals surface area contributed by atoms with E-state index in [4.69, 9.17) is 4.74 Å². The van der Waals surface area contributed by atoms with Gasteiger partial charge in [0.1, 0.15) is 10.7 Å². The third-order valence-electron chi connectivity index (χ3n) is 4.16. The summed E-state index contributed by atoms with van der Waals surface area (Å²) in [7, 11) is 0. The fourth-order valence-electron chi connectivity index (χ4n) is 2.92. The van der Waals surface area contributed by atoms with E-state index in [9.17, 15) is 4.79 Å². The maximum absolute atomic E-state index is 12.9. The summed E-state index contributed by atoms with van der Waals surface area (Å²) in [5.74, 6) is 0.929. The van der Waals surface area contributed by atoms with Gasteiger partial charge in [-0.3, -0.25) is 4.79 Å². The van der Waals surface area contributed by atoms with Crippen LogP contribution in [-0.2, 0) is 11.2 Å². The second-order valence-corrected chi connectivity index (χ2v) is 6.74. The van der Waals surface area contributed by atoms with E-state index < -0.39 is 0 Å². The first kappa shape index (κ1) is 15.4. The molecule has 0 unspecified atom stereocenters. The van der Waals surface area contributed by atoms with Gasteiger partial charge in [-0.05, 0) is 26.3 Å². The van der Waals surface area contributed by atoms with Gasteiger partial charge in [0.25, 0.3) is 5.91 Å². The molecule has 1 atom stereocenters. The van der Waals surface area contributed by atoms with Crippen molar-refractivity contribution in [3.8, 4) is 0 Å². The molecule has 22 heavy (non-hydrogen) atoms. The standard InChI is InChI=1S/C16H21N3O2S/c1-5-12-17-11(4)13-10(3)14(22-15(13)18-12)16(20)19-6-7-21-8-9(19)2/h9H,5-8H2,1-4H3/t9-/m1/s1. The van der Waals surface area contributed by atoms with E-state index in [2.05, 4.69) is 9.97 Å². The summed E-state index contributed by atoms with van der Waals surface area (Å²) >= 11 is 1.49. The van der Waals surface area contributed by atoms with Crippen molar-refractivity contribution in [2.75, 3.05) is 19.8 Å². The van der Waals surface area contributed by atoms with Crippen LogP contribution in [0.5, 0.6) is 0 Å². The Morgan fingerprint density at radius 3 is 2.86 bits per heavy atom. The Morgan fingerprint density at radius 1 is 1.41 bits per heavy atom. The minimum absolute atomic E-state index is 0.0914. The van der Waals surface area contributed by atoms with E-state index in [1.54, 1.807) is 0 Å². The van der Waals surface area contributed by atoms with Crippen molar-refractivity contribution in [2.45, 2.75) is 40.2 Å². The van der Waals surface area contributed by atoms with E-state index in [0.29, 0.717) is 19.8 Å². The number of nitrogens with zero attached hydrogens (tertiary/aromatic N) is 3. The van der Waals surface area contributed by atoms with Gasteiger partial charge in [-0.25, -0.2) is 9.97 Å². The summed E-state index contributed by atoms with van der Waals surface area (Å²) in [5.41, 5.74) is 1.97. The van der Waals surface area contributed by atoms with Crippen LogP contribution in [-0.4, -0.2) is 46.6 Å². The first-order chi connectivity index (χ1) is 10.5. The predicted molar refractivity (Wildman–Crippen MR) is 87.6 cm³/mol. The van der Waals surface area contributed by atoms with Gasteiger partial charge in [0, 0.05) is 24.0 Å². The topological polar surface area (TPSA) is 55.3 Å². The van der Waals surface area contributed by atoms with Crippen molar-refractivity contribution in [1.29, 1.82) is 0 Å². The molecule has 6 heteroatoms. The second-order valence-electron chi connectivity index (χ2n) is 5.74. The number of fused-ring (bicyclic) bond motifs is 1. The molecule has 0 spiro atoms. The fourth-order valence-corrected chi connectivity index (χ4v) is 4.12. The van der Waals surface area contributed by atoms with E-state index in [-0.39, 0.29) is 11.9 Å². The van der Waals surface area contributed by atoms with E-state index in [0.717, 1.165) is 38.6 Å². The number of hydrogen-bond acceptors (Lipinski definition) is 5. The molecule has 1 aliphatic heterocycles. The number of morpholine rings is 1. The Kier molecular flexibility index (Phi) is 4.14. The van der Waals surface area contributed by atoms with Gasteiger partial charge in [-0.2, -0.15) is 0 Å². The van der Waals surface area contributed by atoms with Gasteiger partial charge < -0.3 is 9.64 Å². The lowest BCUT2D eigenvalue weighted by Gasteiger charge is -2.33. The zero-order chi connectivity index (χ0) is 15.9. The van der Waals surface area contributed by atoms with E-state index in [1.165, 1.54) is 11.3 Å². The van der Waals surface area contributed by atoms with Crippen LogP contribution >= 0.6 is 11.3 Å². The van der Waals surface area contributed by atoms with Gasteiger partial charge in [0.2, 0.25) is 0 Å². The average molecular weight is 319 g/mol. The maximum Gasteiger partial charge on any atom is 0.264 e. The molecule has 2 aromatic heterocycles. The fraction of sp³-hybridized carbons (Fsp3) is 0.562. The quantitative estimate of drug-likeness (QED) is 0.854. The number of rotatable bonds is 2. The van der Waals surface area contributed by atoms with Crippen molar-refractivity contribution < 1.29 is 9.53 Å². The lowest BCUT2D eigenvalue weighted by atomic mass is 10.1. The predicted octanol–water partition coefficient (Wildman–Crippen LogP) is 2.73. The lowest BCUT2D eigenvalue weighted by molar-refractivity contribution is 0.00384. The Labute approximate surface area is 134 Å². The molecule has 0 N–H and O–H groups in total. The number of carbonyl (C=O) groups excluding carboxylic acids is 1. The third kappa shape index (κ3) is 2.50. The molecule has 0 aliphatic carbocycles. The van der Waals surface area contributed by atoms with E-state index >= 15 is 0 Å². The Hall–Kier alpha value is -1.53. The van der Waals surface area contributed by atoms with Crippen molar-refractivity contribution in [2.24, 2.45) is 0 Å². The minimum atomic E-state index is 0.0914. The largest absolute Gasteiger partial charge is 0.377 e. The summed E-state index contributed by atoms with van der Waals surface area (Å²) in [4.78, 5) is 25.6. The zero-order valence-corrected chi connectivity index (χ0v) is 14.3. The highest BCUT2D eigenvalue weighted by Gasteiger charge is 2.28. The smallest absolute Gasteiger partial charge is 0.264 e. The molecule has 1 fully saturated rings. The number of ether oxygens (including phenoxy) is 1. The number of aromatic nitrogens is 2. The first-order valence-electron chi connectivity index (χ1n) is 7.68. The van der Waals surface area contributed by atoms with Crippen LogP contribution in [0.1, 0.15) is 40.6 Å². The van der Waals surface area contributed by atoms with Gasteiger partial charge in [0.15, 0.2) is 0 Å². The molecule has 2 aromatic rings. The number of aryl methyl sites for hydroxylation is 3. The molecule has 1 aliphatic rings. The molecule has 0 saturated carbocycles. The van der Waals surface area contributed by atoms with Crippen molar-refractivity contribution in [3.63, 3.8) is 0 Å². The number of thiophene rings is 1. The molecule has 0 radical (unpaired) electrons. The van der Waals surface area contributed by atoms with Gasteiger partial charge >= 0.3 is 0 Å². The lowest BCUT2D eigenvalue weighted by Crippen LogP contribution is -2.47. The monoisotopic (exact) mass is 319 g/mol. The normalized spacial score (nSPS) is 18.9. The number of amides is 1. The van der Waals surface area contributed by atoms with Crippen LogP contribution < -0.4 is 0 Å². The van der Waals surface area contributed by atoms with E-state index in [1.807, 2.05) is 32.6 Å². The van der Waals surface area contributed by atoms with Crippen molar-refractivity contribution in [1.82, 2.24) is 14.9 Å². The summed E-state index contributed by atoms with van der Waals surface area (Å²) < 4.78 is 5.42. The van der Waals surface area contributed by atoms with Crippen LogP contribution in [0.2, 0.25) is 0 Å². The summed E-state index contributed by atoms with van der Waals surface area (Å²) in [6.07, 6.45) is 0.803. The first-order valence-corrected chi connectivity index (χ1v) is 8.49. The highest BCUT2D eigenvalue weighted by molar-refractivity contribution is 7.20. The average Bonchev–Trinajstić information content (AvgIpc) is 2.84. The Balaban J connectivity index is 2.05. The summed E-state index contributed by atoms with van der Waals surface area (Å²) in [5, 5.41) is 1.03. The SMILES string of the molecule is CCc1nc(C)c2c(C)c(C(=O)N3CCOC[C@H]3C)sc2n1. The molecule has 5 nitrogen and oxygen atoms in total. The molecule has 1 amide bonds. The maximum atomic E-state index is 12.9. The minimum Gasteiger partial charge on any atom is -0.377 e. The molecule has 1 saturated heterocycles. The molecule has 3 rings (SSSR count). The Morgan fingerprint density at radius 2 is 2.18 bits per heavy atom. The van der Waals surface area contributed by atoms with Gasteiger partial charge in [-0.15, -0.1) is 11.3 Å². The molecule has 118 valence electrons.